The number of rotatable bonds is 3. The van der Waals surface area contributed by atoms with Gasteiger partial charge >= 0.3 is 11.8 Å². The van der Waals surface area contributed by atoms with Gasteiger partial charge < -0.3 is 9.73 Å². The first-order valence-corrected chi connectivity index (χ1v) is 6.01. The number of hydrogen-bond acceptors (Lipinski definition) is 4. The number of carbonyl (C=O) groups excluding carboxylic acids is 2. The second-order valence-electron chi connectivity index (χ2n) is 4.11. The molecule has 0 unspecified atom stereocenters. The maximum atomic E-state index is 12.9. The first kappa shape index (κ1) is 14.4. The van der Waals surface area contributed by atoms with Crippen molar-refractivity contribution < 1.29 is 18.4 Å². The number of amides is 2. The molecule has 0 aliphatic carbocycles. The van der Waals surface area contributed by atoms with E-state index in [9.17, 15) is 14.0 Å². The maximum absolute atomic E-state index is 12.9. The number of hydrogen-bond donors (Lipinski definition) is 2. The van der Waals surface area contributed by atoms with Crippen LogP contribution >= 0.6 is 0 Å². The average Bonchev–Trinajstić information content (AvgIpc) is 2.84. The quantitative estimate of drug-likeness (QED) is 0.513. The van der Waals surface area contributed by atoms with Gasteiger partial charge in [-0.15, -0.1) is 0 Å². The molecule has 0 bridgehead atoms. The lowest BCUT2D eigenvalue weighted by atomic mass is 10.3. The average molecular weight is 289 g/mol. The Hall–Kier alpha value is -2.96. The zero-order valence-corrected chi connectivity index (χ0v) is 11.1. The van der Waals surface area contributed by atoms with Crippen molar-refractivity contribution in [2.24, 2.45) is 5.10 Å². The fourth-order valence-corrected chi connectivity index (χ4v) is 1.48. The smallest absolute Gasteiger partial charge is 0.329 e. The molecular weight excluding hydrogens is 277 g/mol. The molecule has 0 aliphatic heterocycles. The van der Waals surface area contributed by atoms with E-state index >= 15 is 0 Å². The van der Waals surface area contributed by atoms with Gasteiger partial charge in [0.1, 0.15) is 17.3 Å². The monoisotopic (exact) mass is 289 g/mol. The third-order valence-corrected chi connectivity index (χ3v) is 2.41. The molecule has 0 radical (unpaired) electrons. The van der Waals surface area contributed by atoms with Gasteiger partial charge in [-0.05, 0) is 37.3 Å². The van der Waals surface area contributed by atoms with E-state index in [4.69, 9.17) is 4.42 Å². The minimum absolute atomic E-state index is 0.181. The lowest BCUT2D eigenvalue weighted by Gasteiger charge is -2.03. The van der Waals surface area contributed by atoms with Crippen molar-refractivity contribution in [1.82, 2.24) is 5.43 Å². The second-order valence-corrected chi connectivity index (χ2v) is 4.11. The summed E-state index contributed by atoms with van der Waals surface area (Å²) in [4.78, 5) is 23.0. The summed E-state index contributed by atoms with van der Waals surface area (Å²) in [6.45, 7) is 1.77. The predicted molar refractivity (Wildman–Crippen MR) is 74.2 cm³/mol. The third kappa shape index (κ3) is 4.27. The number of nitrogens with zero attached hydrogens (tertiary/aromatic N) is 1. The first-order valence-electron chi connectivity index (χ1n) is 6.01. The summed E-state index contributed by atoms with van der Waals surface area (Å²) in [7, 11) is 0. The molecule has 2 amide bonds. The van der Waals surface area contributed by atoms with Crippen LogP contribution < -0.4 is 10.7 Å². The molecule has 2 aromatic rings. The molecule has 7 heteroatoms. The number of halogens is 1. The number of anilines is 1. The van der Waals surface area contributed by atoms with Gasteiger partial charge in [0.25, 0.3) is 0 Å². The van der Waals surface area contributed by atoms with Gasteiger partial charge in [0, 0.05) is 5.69 Å². The van der Waals surface area contributed by atoms with Crippen molar-refractivity contribution in [2.75, 3.05) is 5.32 Å². The van der Waals surface area contributed by atoms with Gasteiger partial charge in [-0.25, -0.2) is 9.82 Å². The van der Waals surface area contributed by atoms with E-state index in [0.29, 0.717) is 11.5 Å². The number of aryl methyl sites for hydroxylation is 1. The van der Waals surface area contributed by atoms with Gasteiger partial charge in [-0.3, -0.25) is 9.59 Å². The molecular formula is C14H12FN3O3. The van der Waals surface area contributed by atoms with Crippen molar-refractivity contribution in [3.05, 3.63) is 53.7 Å². The molecule has 2 rings (SSSR count). The molecule has 0 atom stereocenters. The Kier molecular flexibility index (Phi) is 4.45. The van der Waals surface area contributed by atoms with Crippen molar-refractivity contribution in [3.8, 4) is 0 Å². The van der Waals surface area contributed by atoms with Gasteiger partial charge in [0.2, 0.25) is 0 Å². The summed E-state index contributed by atoms with van der Waals surface area (Å²) in [6.07, 6.45) is 1.26. The SMILES string of the molecule is Cc1ccc(/C=N/NC(=O)C(=O)Nc2cccc(F)c2)o1. The normalized spacial score (nSPS) is 10.6. The van der Waals surface area contributed by atoms with Crippen LogP contribution in [0.1, 0.15) is 11.5 Å². The largest absolute Gasteiger partial charge is 0.460 e. The van der Waals surface area contributed by atoms with Crippen molar-refractivity contribution in [3.63, 3.8) is 0 Å². The van der Waals surface area contributed by atoms with Gasteiger partial charge in [0.05, 0.1) is 6.21 Å². The van der Waals surface area contributed by atoms with Crippen molar-refractivity contribution in [2.45, 2.75) is 6.92 Å². The molecule has 0 saturated carbocycles. The third-order valence-electron chi connectivity index (χ3n) is 2.41. The van der Waals surface area contributed by atoms with Crippen molar-refractivity contribution in [1.29, 1.82) is 0 Å². The number of furan rings is 1. The lowest BCUT2D eigenvalue weighted by molar-refractivity contribution is -0.136. The Bertz CT molecular complexity index is 694. The molecule has 0 aliphatic rings. The molecule has 2 N–H and O–H groups in total. The Morgan fingerprint density at radius 1 is 1.24 bits per heavy atom. The number of hydrazone groups is 1. The van der Waals surface area contributed by atoms with Crippen LogP contribution in [0.5, 0.6) is 0 Å². The van der Waals surface area contributed by atoms with E-state index in [1.807, 2.05) is 5.43 Å². The van der Waals surface area contributed by atoms with Crippen molar-refractivity contribution >= 4 is 23.7 Å². The molecule has 6 nitrogen and oxygen atoms in total. The lowest BCUT2D eigenvalue weighted by Crippen LogP contribution is -2.32. The van der Waals surface area contributed by atoms with Crippen LogP contribution in [0.4, 0.5) is 10.1 Å². The highest BCUT2D eigenvalue weighted by Gasteiger charge is 2.13. The van der Waals surface area contributed by atoms with Crippen LogP contribution in [0.3, 0.4) is 0 Å². The minimum Gasteiger partial charge on any atom is -0.460 e. The van der Waals surface area contributed by atoms with E-state index in [1.165, 1.54) is 24.4 Å². The number of carbonyl (C=O) groups is 2. The molecule has 21 heavy (non-hydrogen) atoms. The Morgan fingerprint density at radius 3 is 2.71 bits per heavy atom. The fraction of sp³-hybridized carbons (Fsp3) is 0.0714. The summed E-state index contributed by atoms with van der Waals surface area (Å²) < 4.78 is 18.1. The summed E-state index contributed by atoms with van der Waals surface area (Å²) in [6, 6.07) is 8.60. The molecule has 1 aromatic carbocycles. The van der Waals surface area contributed by atoms with Crippen LogP contribution in [0.15, 0.2) is 45.9 Å². The van der Waals surface area contributed by atoms with E-state index < -0.39 is 17.6 Å². The van der Waals surface area contributed by atoms with Crippen LogP contribution in [0.2, 0.25) is 0 Å². The van der Waals surface area contributed by atoms with E-state index in [1.54, 1.807) is 19.1 Å². The highest BCUT2D eigenvalue weighted by atomic mass is 19.1. The summed E-state index contributed by atoms with van der Waals surface area (Å²) in [5, 5.41) is 5.83. The second kappa shape index (κ2) is 6.47. The zero-order chi connectivity index (χ0) is 15.2. The predicted octanol–water partition coefficient (Wildman–Crippen LogP) is 1.82. The van der Waals surface area contributed by atoms with Crippen LogP contribution in [-0.2, 0) is 9.59 Å². The van der Waals surface area contributed by atoms with Crippen LogP contribution in [0.25, 0.3) is 0 Å². The highest BCUT2D eigenvalue weighted by molar-refractivity contribution is 6.39. The Balaban J connectivity index is 1.88. The minimum atomic E-state index is -0.973. The molecule has 0 fully saturated rings. The van der Waals surface area contributed by atoms with E-state index in [2.05, 4.69) is 10.4 Å². The van der Waals surface area contributed by atoms with Gasteiger partial charge in [0.15, 0.2) is 0 Å². The molecule has 0 spiro atoms. The van der Waals surface area contributed by atoms with Gasteiger partial charge in [-0.2, -0.15) is 5.10 Å². The van der Waals surface area contributed by atoms with E-state index in [0.717, 1.165) is 6.07 Å². The molecule has 0 saturated heterocycles. The molecule has 1 heterocycles. The fourth-order valence-electron chi connectivity index (χ4n) is 1.48. The summed E-state index contributed by atoms with van der Waals surface area (Å²) >= 11 is 0. The first-order chi connectivity index (χ1) is 10.0. The Morgan fingerprint density at radius 2 is 2.05 bits per heavy atom. The maximum Gasteiger partial charge on any atom is 0.329 e. The number of nitrogens with one attached hydrogen (secondary N) is 2. The van der Waals surface area contributed by atoms with Gasteiger partial charge in [-0.1, -0.05) is 6.07 Å². The molecule has 108 valence electrons. The standard InChI is InChI=1S/C14H12FN3O3/c1-9-5-6-12(21-9)8-16-18-14(20)13(19)17-11-4-2-3-10(15)7-11/h2-8H,1H3,(H,17,19)(H,18,20)/b16-8+. The zero-order valence-electron chi connectivity index (χ0n) is 11.1. The summed E-state index contributed by atoms with van der Waals surface area (Å²) in [5.41, 5.74) is 2.22. The van der Waals surface area contributed by atoms with Crippen LogP contribution in [0, 0.1) is 12.7 Å². The molecule has 1 aromatic heterocycles. The van der Waals surface area contributed by atoms with Crippen LogP contribution in [-0.4, -0.2) is 18.0 Å². The van der Waals surface area contributed by atoms with E-state index in [-0.39, 0.29) is 5.69 Å². The number of benzene rings is 1. The topological polar surface area (TPSA) is 83.7 Å². The highest BCUT2D eigenvalue weighted by Crippen LogP contribution is 2.08. The summed E-state index contributed by atoms with van der Waals surface area (Å²) in [5.74, 6) is -1.29. The Labute approximate surface area is 119 Å².